The van der Waals surface area contributed by atoms with Gasteiger partial charge in [-0.25, -0.2) is 0 Å². The quantitative estimate of drug-likeness (QED) is 0.455. The highest BCUT2D eigenvalue weighted by Crippen LogP contribution is 2.45. The first-order valence-electron chi connectivity index (χ1n) is 10.4. The van der Waals surface area contributed by atoms with E-state index in [1.165, 1.54) is 27.8 Å². The van der Waals surface area contributed by atoms with Crippen LogP contribution in [0, 0.1) is 6.92 Å². The average Bonchev–Trinajstić information content (AvgIpc) is 2.62. The standard InChI is InChI=1S/C27H34N2O/c1-17-14-20(29)10-13-22(17)18-15-23(26(2,3)4)25(24(16-18)27(5,6)7)30-21-11-8-19(28)9-12-21/h8-16H,28-29H2,1-7H3. The summed E-state index contributed by atoms with van der Waals surface area (Å²) in [7, 11) is 0. The molecule has 0 saturated carbocycles. The minimum Gasteiger partial charge on any atom is -0.457 e. The van der Waals surface area contributed by atoms with Crippen molar-refractivity contribution in [3.63, 3.8) is 0 Å². The third-order valence-electron chi connectivity index (χ3n) is 5.37. The third-order valence-corrected chi connectivity index (χ3v) is 5.37. The van der Waals surface area contributed by atoms with Gasteiger partial charge in [-0.15, -0.1) is 0 Å². The van der Waals surface area contributed by atoms with Crippen LogP contribution in [-0.2, 0) is 10.8 Å². The van der Waals surface area contributed by atoms with Gasteiger partial charge in [0.1, 0.15) is 11.5 Å². The van der Waals surface area contributed by atoms with E-state index in [4.69, 9.17) is 16.2 Å². The minimum atomic E-state index is -0.0964. The van der Waals surface area contributed by atoms with Crippen LogP contribution in [-0.4, -0.2) is 0 Å². The summed E-state index contributed by atoms with van der Waals surface area (Å²) >= 11 is 0. The minimum absolute atomic E-state index is 0.0964. The molecule has 0 aliphatic rings. The molecular formula is C27H34N2O. The maximum Gasteiger partial charge on any atom is 0.134 e. The smallest absolute Gasteiger partial charge is 0.134 e. The number of ether oxygens (including phenoxy) is 1. The summed E-state index contributed by atoms with van der Waals surface area (Å²) in [5.74, 6) is 1.72. The molecule has 0 fully saturated rings. The fourth-order valence-electron chi connectivity index (χ4n) is 3.67. The number of benzene rings is 3. The molecule has 0 unspecified atom stereocenters. The second-order valence-electron chi connectivity index (χ2n) is 10.1. The molecule has 0 atom stereocenters. The highest BCUT2D eigenvalue weighted by atomic mass is 16.5. The van der Waals surface area contributed by atoms with Crippen molar-refractivity contribution in [2.24, 2.45) is 0 Å². The Kier molecular flexibility index (Phi) is 5.60. The predicted octanol–water partition coefficient (Wildman–Crippen LogP) is 7.21. The van der Waals surface area contributed by atoms with E-state index in [2.05, 4.69) is 66.7 Å². The number of nitrogens with two attached hydrogens (primary N) is 2. The van der Waals surface area contributed by atoms with Crippen molar-refractivity contribution in [3.05, 3.63) is 71.3 Å². The molecule has 0 aliphatic heterocycles. The Morgan fingerprint density at radius 2 is 1.17 bits per heavy atom. The molecule has 0 spiro atoms. The van der Waals surface area contributed by atoms with Crippen LogP contribution < -0.4 is 16.2 Å². The van der Waals surface area contributed by atoms with Crippen LogP contribution in [0.1, 0.15) is 58.2 Å². The molecule has 0 aliphatic carbocycles. The monoisotopic (exact) mass is 402 g/mol. The Bertz CT molecular complexity index is 1020. The van der Waals surface area contributed by atoms with E-state index in [1.807, 2.05) is 36.4 Å². The molecule has 3 rings (SSSR count). The van der Waals surface area contributed by atoms with Crippen molar-refractivity contribution in [2.75, 3.05) is 11.5 Å². The van der Waals surface area contributed by atoms with Crippen molar-refractivity contribution in [3.8, 4) is 22.6 Å². The van der Waals surface area contributed by atoms with Crippen molar-refractivity contribution in [2.45, 2.75) is 59.3 Å². The first-order chi connectivity index (χ1) is 13.9. The van der Waals surface area contributed by atoms with Gasteiger partial charge < -0.3 is 16.2 Å². The first kappa shape index (κ1) is 21.8. The molecule has 158 valence electrons. The summed E-state index contributed by atoms with van der Waals surface area (Å²) in [4.78, 5) is 0. The van der Waals surface area contributed by atoms with Gasteiger partial charge in [0, 0.05) is 22.5 Å². The largest absolute Gasteiger partial charge is 0.457 e. The summed E-state index contributed by atoms with van der Waals surface area (Å²) in [5.41, 5.74) is 19.1. The SMILES string of the molecule is Cc1cc(N)ccc1-c1cc(C(C)(C)C)c(Oc2ccc(N)cc2)c(C(C)(C)C)c1. The van der Waals surface area contributed by atoms with E-state index in [0.717, 1.165) is 22.9 Å². The van der Waals surface area contributed by atoms with E-state index < -0.39 is 0 Å². The first-order valence-corrected chi connectivity index (χ1v) is 10.4. The molecule has 4 N–H and O–H groups in total. The molecule has 0 amide bonds. The Hall–Kier alpha value is -2.94. The summed E-state index contributed by atoms with van der Waals surface area (Å²) in [5, 5.41) is 0. The lowest BCUT2D eigenvalue weighted by atomic mass is 9.77. The molecule has 3 aromatic carbocycles. The van der Waals surface area contributed by atoms with Gasteiger partial charge in [0.2, 0.25) is 0 Å². The lowest BCUT2D eigenvalue weighted by molar-refractivity contribution is 0.433. The van der Waals surface area contributed by atoms with Crippen molar-refractivity contribution < 1.29 is 4.74 Å². The van der Waals surface area contributed by atoms with E-state index in [-0.39, 0.29) is 10.8 Å². The Balaban J connectivity index is 2.28. The van der Waals surface area contributed by atoms with Gasteiger partial charge in [-0.3, -0.25) is 0 Å². The summed E-state index contributed by atoms with van der Waals surface area (Å²) in [6, 6.07) is 18.2. The van der Waals surface area contributed by atoms with E-state index >= 15 is 0 Å². The van der Waals surface area contributed by atoms with Crippen LogP contribution in [0.3, 0.4) is 0 Å². The maximum absolute atomic E-state index is 6.51. The van der Waals surface area contributed by atoms with Crippen molar-refractivity contribution in [1.29, 1.82) is 0 Å². The molecule has 3 nitrogen and oxygen atoms in total. The summed E-state index contributed by atoms with van der Waals surface area (Å²) in [6.07, 6.45) is 0. The van der Waals surface area contributed by atoms with Crippen molar-refractivity contribution >= 4 is 11.4 Å². The van der Waals surface area contributed by atoms with Gasteiger partial charge >= 0.3 is 0 Å². The topological polar surface area (TPSA) is 61.3 Å². The molecule has 30 heavy (non-hydrogen) atoms. The fourth-order valence-corrected chi connectivity index (χ4v) is 3.67. The zero-order valence-corrected chi connectivity index (χ0v) is 19.3. The Morgan fingerprint density at radius 1 is 0.667 bits per heavy atom. The molecule has 0 heterocycles. The van der Waals surface area contributed by atoms with Gasteiger partial charge in [0.25, 0.3) is 0 Å². The zero-order chi connectivity index (χ0) is 22.3. The maximum atomic E-state index is 6.51. The molecule has 3 aromatic rings. The van der Waals surface area contributed by atoms with E-state index in [1.54, 1.807) is 0 Å². The van der Waals surface area contributed by atoms with Gasteiger partial charge in [-0.1, -0.05) is 47.6 Å². The third kappa shape index (κ3) is 4.62. The number of hydrogen-bond donors (Lipinski definition) is 2. The molecule has 0 radical (unpaired) electrons. The second-order valence-corrected chi connectivity index (χ2v) is 10.1. The Labute approximate surface area is 181 Å². The number of aryl methyl sites for hydroxylation is 1. The van der Waals surface area contributed by atoms with Gasteiger partial charge in [-0.2, -0.15) is 0 Å². The van der Waals surface area contributed by atoms with Crippen LogP contribution in [0.15, 0.2) is 54.6 Å². The van der Waals surface area contributed by atoms with Crippen LogP contribution in [0.4, 0.5) is 11.4 Å². The summed E-state index contributed by atoms with van der Waals surface area (Å²) in [6.45, 7) is 15.5. The fraction of sp³-hybridized carbons (Fsp3) is 0.333. The number of rotatable bonds is 3. The molecule has 0 saturated heterocycles. The second kappa shape index (κ2) is 7.71. The molecule has 0 aromatic heterocycles. The van der Waals surface area contributed by atoms with E-state index in [9.17, 15) is 0 Å². The van der Waals surface area contributed by atoms with Crippen molar-refractivity contribution in [1.82, 2.24) is 0 Å². The van der Waals surface area contributed by atoms with Crippen LogP contribution in [0.25, 0.3) is 11.1 Å². The summed E-state index contributed by atoms with van der Waals surface area (Å²) < 4.78 is 6.51. The van der Waals surface area contributed by atoms with E-state index in [0.29, 0.717) is 0 Å². The zero-order valence-electron chi connectivity index (χ0n) is 19.3. The van der Waals surface area contributed by atoms with Crippen LogP contribution in [0.2, 0.25) is 0 Å². The van der Waals surface area contributed by atoms with Crippen LogP contribution >= 0.6 is 0 Å². The molecule has 3 heteroatoms. The average molecular weight is 403 g/mol. The van der Waals surface area contributed by atoms with Gasteiger partial charge in [-0.05, 0) is 83.0 Å². The normalized spacial score (nSPS) is 12.1. The number of anilines is 2. The Morgan fingerprint density at radius 3 is 1.63 bits per heavy atom. The van der Waals surface area contributed by atoms with Gasteiger partial charge in [0.05, 0.1) is 0 Å². The van der Waals surface area contributed by atoms with Gasteiger partial charge in [0.15, 0.2) is 0 Å². The predicted molar refractivity (Wildman–Crippen MR) is 129 cm³/mol. The number of hydrogen-bond acceptors (Lipinski definition) is 3. The van der Waals surface area contributed by atoms with Crippen LogP contribution in [0.5, 0.6) is 11.5 Å². The molecular weight excluding hydrogens is 368 g/mol. The lowest BCUT2D eigenvalue weighted by Gasteiger charge is -2.31. The number of nitrogen functional groups attached to an aromatic ring is 2. The highest BCUT2D eigenvalue weighted by Gasteiger charge is 2.29. The lowest BCUT2D eigenvalue weighted by Crippen LogP contribution is -2.19. The molecule has 0 bridgehead atoms. The highest BCUT2D eigenvalue weighted by molar-refractivity contribution is 5.73.